The number of carbonyl (C=O) groups excluding carboxylic acids is 1. The number of nitrogens with one attached hydrogen (secondary N) is 1. The van der Waals surface area contributed by atoms with E-state index in [1.54, 1.807) is 6.20 Å². The third kappa shape index (κ3) is 3.67. The predicted octanol–water partition coefficient (Wildman–Crippen LogP) is 0.674. The number of nitrogens with two attached hydrogens (primary N) is 1. The summed E-state index contributed by atoms with van der Waals surface area (Å²) in [7, 11) is 4.07. The monoisotopic (exact) mass is 421 g/mol. The van der Waals surface area contributed by atoms with Crippen molar-refractivity contribution in [2.24, 2.45) is 0 Å². The number of aromatic nitrogens is 2. The van der Waals surface area contributed by atoms with Gasteiger partial charge in [0.1, 0.15) is 0 Å². The molecule has 1 amide bonds. The molecule has 2 aromatic carbocycles. The Labute approximate surface area is 164 Å². The fraction of sp³-hybridized carbons (Fsp3) is 0.150. The van der Waals surface area contributed by atoms with Gasteiger partial charge in [-0.25, -0.2) is 0 Å². The number of carbonyl (C=O) groups is 1. The van der Waals surface area contributed by atoms with Crippen LogP contribution in [0.4, 0.5) is 17.3 Å². The number of fused-ring (bicyclic) bond motifs is 3. The first-order valence-electron chi connectivity index (χ1n) is 8.60. The van der Waals surface area contributed by atoms with E-state index in [4.69, 9.17) is 5.73 Å². The van der Waals surface area contributed by atoms with Crippen LogP contribution in [-0.2, 0) is 11.2 Å². The molecule has 0 spiro atoms. The maximum absolute atomic E-state index is 12.3. The molecule has 0 radical (unpaired) electrons. The molecule has 0 bridgehead atoms. The summed E-state index contributed by atoms with van der Waals surface area (Å²) in [5, 5.41) is 3.00. The van der Waals surface area contributed by atoms with Crippen LogP contribution in [0.5, 0.6) is 0 Å². The van der Waals surface area contributed by atoms with Crippen LogP contribution in [0, 0.1) is 0 Å². The molecule has 1 atom stereocenters. The summed E-state index contributed by atoms with van der Waals surface area (Å²) in [6.07, 6.45) is 1.89. The van der Waals surface area contributed by atoms with Crippen molar-refractivity contribution in [1.82, 2.24) is 9.97 Å². The van der Waals surface area contributed by atoms with Crippen molar-refractivity contribution in [3.8, 4) is 11.3 Å². The average Bonchev–Trinajstić information content (AvgIpc) is 2.77. The SMILES string of the molecule is CN(C)c1ccc([AsH]c2ccc3c(c2)NC(=O)Cc2cnc(N)nc2-3)cc1. The van der Waals surface area contributed by atoms with Crippen LogP contribution in [0.25, 0.3) is 11.3 Å². The molecule has 0 saturated heterocycles. The molecule has 7 heteroatoms. The van der Waals surface area contributed by atoms with Crippen LogP contribution in [0.2, 0.25) is 0 Å². The third-order valence-corrected chi connectivity index (χ3v) is 7.02. The van der Waals surface area contributed by atoms with Crippen molar-refractivity contribution in [2.45, 2.75) is 6.42 Å². The molecule has 1 aromatic heterocycles. The van der Waals surface area contributed by atoms with Crippen molar-refractivity contribution >= 4 is 47.7 Å². The van der Waals surface area contributed by atoms with Crippen molar-refractivity contribution < 1.29 is 4.79 Å². The second-order valence-corrected chi connectivity index (χ2v) is 9.60. The Hall–Kier alpha value is -2.85. The minimum atomic E-state index is -0.501. The van der Waals surface area contributed by atoms with Gasteiger partial charge in [0, 0.05) is 0 Å². The normalized spacial score (nSPS) is 13.0. The van der Waals surface area contributed by atoms with Crippen LogP contribution in [0.15, 0.2) is 48.7 Å². The fourth-order valence-corrected chi connectivity index (χ4v) is 5.29. The van der Waals surface area contributed by atoms with E-state index in [0.717, 1.165) is 22.5 Å². The molecule has 27 heavy (non-hydrogen) atoms. The zero-order valence-electron chi connectivity index (χ0n) is 15.2. The number of benzene rings is 2. The molecular formula is C20H20AsN5O. The second-order valence-electron chi connectivity index (χ2n) is 6.65. The molecule has 0 aliphatic carbocycles. The number of nitrogens with zero attached hydrogens (tertiary/aromatic N) is 3. The summed E-state index contributed by atoms with van der Waals surface area (Å²) in [5.74, 6) is 0.156. The van der Waals surface area contributed by atoms with Gasteiger partial charge in [-0.05, 0) is 0 Å². The molecule has 1 unspecified atom stereocenters. The fourth-order valence-electron chi connectivity index (χ4n) is 3.09. The Morgan fingerprint density at radius 2 is 1.85 bits per heavy atom. The summed E-state index contributed by atoms with van der Waals surface area (Å²) in [6, 6.07) is 14.9. The second kappa shape index (κ2) is 7.04. The first-order chi connectivity index (χ1) is 13.0. The van der Waals surface area contributed by atoms with Gasteiger partial charge < -0.3 is 0 Å². The van der Waals surface area contributed by atoms with Gasteiger partial charge in [0.25, 0.3) is 0 Å². The van der Waals surface area contributed by atoms with Crippen LogP contribution < -0.4 is 24.7 Å². The predicted molar refractivity (Wildman–Crippen MR) is 111 cm³/mol. The van der Waals surface area contributed by atoms with Crippen molar-refractivity contribution in [1.29, 1.82) is 0 Å². The molecular weight excluding hydrogens is 401 g/mol. The summed E-state index contributed by atoms with van der Waals surface area (Å²) < 4.78 is 2.59. The van der Waals surface area contributed by atoms with E-state index in [1.165, 1.54) is 14.4 Å². The maximum atomic E-state index is 12.3. The molecule has 1 aliphatic heterocycles. The van der Waals surface area contributed by atoms with E-state index in [1.807, 2.05) is 20.2 Å². The van der Waals surface area contributed by atoms with E-state index in [-0.39, 0.29) is 18.3 Å². The number of hydrogen-bond donors (Lipinski definition) is 2. The summed E-state index contributed by atoms with van der Waals surface area (Å²) in [4.78, 5) is 22.8. The van der Waals surface area contributed by atoms with Crippen LogP contribution in [0.3, 0.4) is 0 Å². The third-order valence-electron chi connectivity index (χ3n) is 4.46. The van der Waals surface area contributed by atoms with Gasteiger partial charge in [0.2, 0.25) is 0 Å². The number of amides is 1. The van der Waals surface area contributed by atoms with E-state index in [2.05, 4.69) is 56.6 Å². The quantitative estimate of drug-likeness (QED) is 0.608. The van der Waals surface area contributed by atoms with Crippen molar-refractivity contribution in [2.75, 3.05) is 30.0 Å². The van der Waals surface area contributed by atoms with E-state index in [9.17, 15) is 4.79 Å². The molecule has 136 valence electrons. The van der Waals surface area contributed by atoms with Gasteiger partial charge in [0.05, 0.1) is 0 Å². The average molecular weight is 421 g/mol. The molecule has 0 fully saturated rings. The van der Waals surface area contributed by atoms with Gasteiger partial charge in [-0.2, -0.15) is 0 Å². The number of nitrogen functional groups attached to an aromatic ring is 1. The Kier molecular flexibility index (Phi) is 4.58. The zero-order valence-corrected chi connectivity index (χ0v) is 17.3. The molecule has 4 rings (SSSR count). The molecule has 3 aromatic rings. The number of anilines is 3. The first kappa shape index (κ1) is 17.6. The standard InChI is InChI=1S/C20H20AsN5O/c1-26(2)15-6-3-13(4-7-15)21-14-5-8-16-17(10-14)24-18(27)9-12-11-23-20(22)25-19(12)16/h3-8,10-11,21H,9H2,1-2H3,(H,24,27)(H2,22,23,25). The van der Waals surface area contributed by atoms with Crippen molar-refractivity contribution in [3.05, 3.63) is 54.2 Å². The summed E-state index contributed by atoms with van der Waals surface area (Å²) in [6.45, 7) is 0. The van der Waals surface area contributed by atoms with Crippen LogP contribution in [-0.4, -0.2) is 45.7 Å². The van der Waals surface area contributed by atoms with E-state index in [0.29, 0.717) is 0 Å². The van der Waals surface area contributed by atoms with E-state index >= 15 is 0 Å². The topological polar surface area (TPSA) is 84.1 Å². The minimum absolute atomic E-state index is 0.0594. The Bertz CT molecular complexity index is 1020. The van der Waals surface area contributed by atoms with Crippen LogP contribution in [0.1, 0.15) is 5.56 Å². The molecule has 6 nitrogen and oxygen atoms in total. The molecule has 1 aliphatic rings. The Morgan fingerprint density at radius 3 is 2.59 bits per heavy atom. The van der Waals surface area contributed by atoms with Gasteiger partial charge in [0.15, 0.2) is 0 Å². The van der Waals surface area contributed by atoms with Gasteiger partial charge >= 0.3 is 164 Å². The summed E-state index contributed by atoms with van der Waals surface area (Å²) in [5.41, 5.74) is 10.2. The zero-order chi connectivity index (χ0) is 19.0. The van der Waals surface area contributed by atoms with Crippen molar-refractivity contribution in [3.63, 3.8) is 0 Å². The van der Waals surface area contributed by atoms with Gasteiger partial charge in [-0.1, -0.05) is 0 Å². The van der Waals surface area contributed by atoms with Crippen LogP contribution >= 0.6 is 0 Å². The Balaban J connectivity index is 1.68. The summed E-state index contributed by atoms with van der Waals surface area (Å²) >= 11 is -0.501. The molecule has 0 saturated carbocycles. The number of hydrogen-bond acceptors (Lipinski definition) is 5. The number of rotatable bonds is 3. The molecule has 3 N–H and O–H groups in total. The Morgan fingerprint density at radius 1 is 1.11 bits per heavy atom. The first-order valence-corrected chi connectivity index (χ1v) is 10.7. The molecule has 2 heterocycles. The van der Waals surface area contributed by atoms with E-state index < -0.39 is 15.8 Å². The van der Waals surface area contributed by atoms with Gasteiger partial charge in [-0.3, -0.25) is 0 Å². The van der Waals surface area contributed by atoms with Gasteiger partial charge in [-0.15, -0.1) is 0 Å².